The van der Waals surface area contributed by atoms with Gasteiger partial charge in [-0.2, -0.15) is 0 Å². The van der Waals surface area contributed by atoms with Crippen LogP contribution in [0.4, 0.5) is 11.5 Å². The summed E-state index contributed by atoms with van der Waals surface area (Å²) in [6.07, 6.45) is 1.43. The van der Waals surface area contributed by atoms with Gasteiger partial charge in [0.05, 0.1) is 17.3 Å². The highest BCUT2D eigenvalue weighted by Gasteiger charge is 2.42. The SMILES string of the molecule is CC1(C)C(=O)NC(=O)CN1c1ncc(Cl)cc1N. The fraction of sp³-hybridized carbons (Fsp3) is 0.364. The third-order valence-corrected chi connectivity index (χ3v) is 3.11. The Balaban J connectivity index is 2.47. The zero-order valence-electron chi connectivity index (χ0n) is 10.0. The van der Waals surface area contributed by atoms with Crippen molar-refractivity contribution in [3.05, 3.63) is 17.3 Å². The van der Waals surface area contributed by atoms with Gasteiger partial charge in [-0.3, -0.25) is 14.9 Å². The Labute approximate surface area is 109 Å². The number of piperazine rings is 1. The van der Waals surface area contributed by atoms with E-state index in [9.17, 15) is 9.59 Å². The van der Waals surface area contributed by atoms with E-state index in [-0.39, 0.29) is 18.4 Å². The summed E-state index contributed by atoms with van der Waals surface area (Å²) in [5.74, 6) is -0.377. The van der Waals surface area contributed by atoms with Crippen molar-refractivity contribution in [2.45, 2.75) is 19.4 Å². The number of hydrogen-bond acceptors (Lipinski definition) is 5. The molecule has 1 aliphatic rings. The predicted octanol–water partition coefficient (Wildman–Crippen LogP) is 0.559. The highest BCUT2D eigenvalue weighted by atomic mass is 35.5. The zero-order chi connectivity index (χ0) is 13.5. The molecule has 18 heavy (non-hydrogen) atoms. The number of rotatable bonds is 1. The molecular weight excluding hydrogens is 256 g/mol. The van der Waals surface area contributed by atoms with E-state index >= 15 is 0 Å². The van der Waals surface area contributed by atoms with Gasteiger partial charge < -0.3 is 10.6 Å². The Bertz CT molecular complexity index is 530. The number of imide groups is 1. The molecule has 1 aromatic rings. The second kappa shape index (κ2) is 4.13. The molecule has 3 N–H and O–H groups in total. The normalized spacial score (nSPS) is 18.7. The van der Waals surface area contributed by atoms with E-state index in [4.69, 9.17) is 17.3 Å². The summed E-state index contributed by atoms with van der Waals surface area (Å²) >= 11 is 5.78. The maximum absolute atomic E-state index is 11.8. The molecule has 2 heterocycles. The fourth-order valence-corrected chi connectivity index (χ4v) is 1.96. The maximum atomic E-state index is 11.8. The van der Waals surface area contributed by atoms with Gasteiger partial charge in [-0.1, -0.05) is 11.6 Å². The molecule has 1 fully saturated rings. The maximum Gasteiger partial charge on any atom is 0.251 e. The van der Waals surface area contributed by atoms with Gasteiger partial charge in [0.25, 0.3) is 5.91 Å². The van der Waals surface area contributed by atoms with Crippen LogP contribution in [0.5, 0.6) is 0 Å². The number of pyridine rings is 1. The van der Waals surface area contributed by atoms with Gasteiger partial charge in [0.15, 0.2) is 5.82 Å². The average molecular weight is 269 g/mol. The average Bonchev–Trinajstić information content (AvgIpc) is 2.24. The van der Waals surface area contributed by atoms with Gasteiger partial charge in [0.2, 0.25) is 5.91 Å². The van der Waals surface area contributed by atoms with Crippen LogP contribution < -0.4 is 16.0 Å². The highest BCUT2D eigenvalue weighted by Crippen LogP contribution is 2.30. The fourth-order valence-electron chi connectivity index (χ4n) is 1.80. The molecule has 0 unspecified atom stereocenters. The number of carbonyl (C=O) groups excluding carboxylic acids is 2. The van der Waals surface area contributed by atoms with E-state index in [1.54, 1.807) is 18.7 Å². The summed E-state index contributed by atoms with van der Waals surface area (Å²) in [5.41, 5.74) is 5.26. The van der Waals surface area contributed by atoms with Crippen molar-refractivity contribution in [1.29, 1.82) is 0 Å². The number of carbonyl (C=O) groups is 2. The van der Waals surface area contributed by atoms with Crippen LogP contribution in [-0.4, -0.2) is 28.9 Å². The first-order valence-corrected chi connectivity index (χ1v) is 5.73. The van der Waals surface area contributed by atoms with E-state index in [0.717, 1.165) is 0 Å². The molecule has 1 aromatic heterocycles. The van der Waals surface area contributed by atoms with Gasteiger partial charge in [0, 0.05) is 6.20 Å². The van der Waals surface area contributed by atoms with Crippen LogP contribution in [0.25, 0.3) is 0 Å². The molecule has 0 bridgehead atoms. The number of halogens is 1. The summed E-state index contributed by atoms with van der Waals surface area (Å²) in [4.78, 5) is 28.9. The molecule has 6 nitrogen and oxygen atoms in total. The monoisotopic (exact) mass is 268 g/mol. The molecule has 0 aromatic carbocycles. The topological polar surface area (TPSA) is 88.3 Å². The number of nitrogens with zero attached hydrogens (tertiary/aromatic N) is 2. The molecular formula is C11H13ClN4O2. The number of aromatic nitrogens is 1. The van der Waals surface area contributed by atoms with Gasteiger partial charge in [0.1, 0.15) is 5.54 Å². The predicted molar refractivity (Wildman–Crippen MR) is 68.2 cm³/mol. The van der Waals surface area contributed by atoms with Gasteiger partial charge in [-0.15, -0.1) is 0 Å². The lowest BCUT2D eigenvalue weighted by molar-refractivity contribution is -0.135. The van der Waals surface area contributed by atoms with Gasteiger partial charge >= 0.3 is 0 Å². The van der Waals surface area contributed by atoms with Crippen molar-refractivity contribution in [2.75, 3.05) is 17.2 Å². The molecule has 2 rings (SSSR count). The minimum Gasteiger partial charge on any atom is -0.396 e. The van der Waals surface area contributed by atoms with Crippen molar-refractivity contribution in [3.63, 3.8) is 0 Å². The molecule has 2 amide bonds. The quantitative estimate of drug-likeness (QED) is 0.727. The first-order chi connectivity index (χ1) is 8.32. The Morgan fingerprint density at radius 2 is 2.17 bits per heavy atom. The molecule has 0 saturated carbocycles. The van der Waals surface area contributed by atoms with Gasteiger partial charge in [-0.05, 0) is 19.9 Å². The van der Waals surface area contributed by atoms with Crippen LogP contribution in [0.1, 0.15) is 13.8 Å². The lowest BCUT2D eigenvalue weighted by Crippen LogP contribution is -2.64. The van der Waals surface area contributed by atoms with E-state index in [1.165, 1.54) is 12.3 Å². The molecule has 1 saturated heterocycles. The van der Waals surface area contributed by atoms with Crippen LogP contribution >= 0.6 is 11.6 Å². The lowest BCUT2D eigenvalue weighted by Gasteiger charge is -2.41. The molecule has 0 spiro atoms. The van der Waals surface area contributed by atoms with Crippen molar-refractivity contribution in [1.82, 2.24) is 10.3 Å². The third-order valence-electron chi connectivity index (χ3n) is 2.90. The van der Waals surface area contributed by atoms with E-state index in [0.29, 0.717) is 16.5 Å². The highest BCUT2D eigenvalue weighted by molar-refractivity contribution is 6.30. The largest absolute Gasteiger partial charge is 0.396 e. The minimum atomic E-state index is -0.900. The number of nitrogen functional groups attached to an aromatic ring is 1. The Morgan fingerprint density at radius 3 is 2.78 bits per heavy atom. The standard InChI is InChI=1S/C11H13ClN4O2/c1-11(2)10(18)15-8(17)5-16(11)9-7(13)3-6(12)4-14-9/h3-4H,5,13H2,1-2H3,(H,15,17,18). The lowest BCUT2D eigenvalue weighted by atomic mass is 9.98. The van der Waals surface area contributed by atoms with Crippen molar-refractivity contribution >= 4 is 34.9 Å². The van der Waals surface area contributed by atoms with Crippen LogP contribution in [-0.2, 0) is 9.59 Å². The van der Waals surface area contributed by atoms with Crippen molar-refractivity contribution in [2.24, 2.45) is 0 Å². The summed E-state index contributed by atoms with van der Waals surface area (Å²) in [6, 6.07) is 1.54. The molecule has 0 aliphatic carbocycles. The van der Waals surface area contributed by atoms with Crippen molar-refractivity contribution < 1.29 is 9.59 Å². The Hall–Kier alpha value is -1.82. The van der Waals surface area contributed by atoms with Crippen LogP contribution in [0, 0.1) is 0 Å². The van der Waals surface area contributed by atoms with Crippen LogP contribution in [0.15, 0.2) is 12.3 Å². The zero-order valence-corrected chi connectivity index (χ0v) is 10.8. The van der Waals surface area contributed by atoms with E-state index in [2.05, 4.69) is 10.3 Å². The van der Waals surface area contributed by atoms with Crippen LogP contribution in [0.2, 0.25) is 5.02 Å². The summed E-state index contributed by atoms with van der Waals surface area (Å²) in [6.45, 7) is 3.42. The van der Waals surface area contributed by atoms with Gasteiger partial charge in [-0.25, -0.2) is 4.98 Å². The third kappa shape index (κ3) is 1.99. The Morgan fingerprint density at radius 1 is 1.50 bits per heavy atom. The molecule has 0 atom stereocenters. The summed E-state index contributed by atoms with van der Waals surface area (Å²) < 4.78 is 0. The number of amides is 2. The summed E-state index contributed by atoms with van der Waals surface area (Å²) in [5, 5.41) is 2.69. The number of nitrogens with two attached hydrogens (primary N) is 1. The molecule has 7 heteroatoms. The Kier molecular flexibility index (Phi) is 2.90. The second-order valence-electron chi connectivity index (χ2n) is 4.59. The van der Waals surface area contributed by atoms with Crippen molar-refractivity contribution in [3.8, 4) is 0 Å². The first-order valence-electron chi connectivity index (χ1n) is 5.35. The number of hydrogen-bond donors (Lipinski definition) is 2. The van der Waals surface area contributed by atoms with E-state index < -0.39 is 5.54 Å². The minimum absolute atomic E-state index is 0.0254. The summed E-state index contributed by atoms with van der Waals surface area (Å²) in [7, 11) is 0. The molecule has 0 radical (unpaired) electrons. The number of nitrogens with one attached hydrogen (secondary N) is 1. The van der Waals surface area contributed by atoms with E-state index in [1.807, 2.05) is 0 Å². The molecule has 1 aliphatic heterocycles. The second-order valence-corrected chi connectivity index (χ2v) is 5.03. The van der Waals surface area contributed by atoms with Crippen LogP contribution in [0.3, 0.4) is 0 Å². The molecule has 96 valence electrons. The smallest absolute Gasteiger partial charge is 0.251 e. The first kappa shape index (κ1) is 12.6. The number of anilines is 2.